The van der Waals surface area contributed by atoms with Gasteiger partial charge in [0.2, 0.25) is 0 Å². The third-order valence-electron chi connectivity index (χ3n) is 9.98. The van der Waals surface area contributed by atoms with Crippen LogP contribution in [-0.2, 0) is 0 Å². The van der Waals surface area contributed by atoms with Gasteiger partial charge in [0.15, 0.2) is 0 Å². The molecule has 8 nitrogen and oxygen atoms in total. The summed E-state index contributed by atoms with van der Waals surface area (Å²) in [5.74, 6) is 1.31. The molecule has 6 aliphatic rings. The summed E-state index contributed by atoms with van der Waals surface area (Å²) >= 11 is 1.90. The molecule has 0 aromatic carbocycles. The number of rotatable bonds is 1. The molecule has 204 valence electrons. The number of nitrogens with zero attached hydrogens (tertiary/aromatic N) is 3. The van der Waals surface area contributed by atoms with Gasteiger partial charge in [-0.15, -0.1) is 0 Å². The lowest BCUT2D eigenvalue weighted by atomic mass is 9.89. The smallest absolute Gasteiger partial charge is 0.320 e. The van der Waals surface area contributed by atoms with E-state index in [-0.39, 0.29) is 17.7 Å². The molecule has 0 aromatic heterocycles. The number of carbonyl (C=O) groups excluding carboxylic acids is 1. The van der Waals surface area contributed by atoms with Crippen LogP contribution in [0.4, 0.5) is 4.79 Å². The maximum Gasteiger partial charge on any atom is 0.321 e. The third kappa shape index (κ3) is 5.30. The topological polar surface area (TPSA) is 74.9 Å². The van der Waals surface area contributed by atoms with Crippen molar-refractivity contribution in [1.29, 1.82) is 0 Å². The van der Waals surface area contributed by atoms with Crippen molar-refractivity contribution >= 4 is 18.0 Å². The highest BCUT2D eigenvalue weighted by atomic mass is 32.2. The van der Waals surface area contributed by atoms with Gasteiger partial charge in [0, 0.05) is 37.6 Å². The van der Waals surface area contributed by atoms with E-state index in [4.69, 9.17) is 0 Å². The highest BCUT2D eigenvalue weighted by Crippen LogP contribution is 2.40. The van der Waals surface area contributed by atoms with E-state index in [0.717, 1.165) is 44.9 Å². The molecule has 9 heteroatoms. The summed E-state index contributed by atoms with van der Waals surface area (Å²) in [7, 11) is 0. The summed E-state index contributed by atoms with van der Waals surface area (Å²) in [6.45, 7) is 10.1. The fourth-order valence-electron chi connectivity index (χ4n) is 8.10. The predicted molar refractivity (Wildman–Crippen MR) is 146 cm³/mol. The van der Waals surface area contributed by atoms with Crippen LogP contribution in [0.15, 0.2) is 0 Å². The van der Waals surface area contributed by atoms with E-state index in [2.05, 4.69) is 49.2 Å². The van der Waals surface area contributed by atoms with Gasteiger partial charge < -0.3 is 15.1 Å². The molecule has 0 spiro atoms. The lowest BCUT2D eigenvalue weighted by Gasteiger charge is -2.48. The summed E-state index contributed by atoms with van der Waals surface area (Å²) < 4.78 is 3.80. The van der Waals surface area contributed by atoms with Crippen LogP contribution in [0.5, 0.6) is 0 Å². The second kappa shape index (κ2) is 10.9. The molecule has 0 radical (unpaired) electrons. The first-order valence-corrected chi connectivity index (χ1v) is 15.8. The number of amides is 2. The van der Waals surface area contributed by atoms with Crippen LogP contribution in [0, 0.1) is 11.8 Å². The molecule has 2 amide bonds. The minimum atomic E-state index is 0.166. The van der Waals surface area contributed by atoms with E-state index in [1.807, 2.05) is 11.9 Å². The van der Waals surface area contributed by atoms with Gasteiger partial charge in [-0.25, -0.2) is 4.79 Å². The Kier molecular flexibility index (Phi) is 7.77. The quantitative estimate of drug-likeness (QED) is 0.397. The SMILES string of the molecule is CC1(C)C[C@@H]2CCCNC3CCCC(N3)SNCC3CCC(N4CC5CCCCN5C4=O)NC3N1C2. The van der Waals surface area contributed by atoms with Gasteiger partial charge in [0.05, 0.1) is 29.9 Å². The Balaban J connectivity index is 1.19. The van der Waals surface area contributed by atoms with E-state index in [1.54, 1.807) is 0 Å². The van der Waals surface area contributed by atoms with E-state index in [1.165, 1.54) is 64.3 Å². The van der Waals surface area contributed by atoms with Crippen molar-refractivity contribution in [2.24, 2.45) is 11.8 Å². The largest absolute Gasteiger partial charge is 0.321 e. The zero-order valence-corrected chi connectivity index (χ0v) is 23.3. The highest BCUT2D eigenvalue weighted by Gasteiger charge is 2.49. The number of hydrogen-bond donors (Lipinski definition) is 4. The van der Waals surface area contributed by atoms with E-state index >= 15 is 0 Å². The first-order chi connectivity index (χ1) is 17.5. The highest BCUT2D eigenvalue weighted by molar-refractivity contribution is 7.98. The van der Waals surface area contributed by atoms with Gasteiger partial charge in [-0.05, 0) is 96.9 Å². The summed E-state index contributed by atoms with van der Waals surface area (Å²) in [5.41, 5.74) is 0.185. The molecule has 0 aromatic rings. The van der Waals surface area contributed by atoms with Crippen molar-refractivity contribution in [3.8, 4) is 0 Å². The van der Waals surface area contributed by atoms with Crippen molar-refractivity contribution in [3.05, 3.63) is 0 Å². The van der Waals surface area contributed by atoms with Crippen molar-refractivity contribution < 1.29 is 4.79 Å². The maximum atomic E-state index is 13.4. The number of hydrogen-bond acceptors (Lipinski definition) is 7. The van der Waals surface area contributed by atoms with Crippen LogP contribution in [0.3, 0.4) is 0 Å². The van der Waals surface area contributed by atoms with Crippen molar-refractivity contribution in [3.63, 3.8) is 0 Å². The van der Waals surface area contributed by atoms with Crippen molar-refractivity contribution in [2.45, 2.75) is 120 Å². The van der Waals surface area contributed by atoms with Gasteiger partial charge in [0.1, 0.15) is 0 Å². The lowest BCUT2D eigenvalue weighted by Crippen LogP contribution is -2.65. The van der Waals surface area contributed by atoms with Crippen molar-refractivity contribution in [2.75, 3.05) is 32.7 Å². The maximum absolute atomic E-state index is 13.4. The molecule has 36 heavy (non-hydrogen) atoms. The molecule has 0 saturated carbocycles. The molecule has 7 unspecified atom stereocenters. The second-order valence-electron chi connectivity index (χ2n) is 13.0. The fraction of sp³-hybridized carbons (Fsp3) is 0.963. The lowest BCUT2D eigenvalue weighted by molar-refractivity contribution is 0.000630. The summed E-state index contributed by atoms with van der Waals surface area (Å²) in [6, 6.07) is 0.718. The van der Waals surface area contributed by atoms with Gasteiger partial charge in [-0.3, -0.25) is 20.3 Å². The van der Waals surface area contributed by atoms with Crippen LogP contribution < -0.4 is 20.7 Å². The van der Waals surface area contributed by atoms with Gasteiger partial charge >= 0.3 is 6.03 Å². The Morgan fingerprint density at radius 1 is 0.917 bits per heavy atom. The van der Waals surface area contributed by atoms with E-state index < -0.39 is 0 Å². The Morgan fingerprint density at radius 3 is 2.72 bits per heavy atom. The van der Waals surface area contributed by atoms with E-state index in [0.29, 0.717) is 29.7 Å². The standard InChI is InChI=1S/C27H49N7OS/c1-27(2)15-19-7-6-13-28-22-9-5-10-24(30-22)36-29-16-20-11-12-23(31-25(20)34(27)17-19)33-18-21-8-3-4-14-32(21)26(33)35/h19-25,28-31H,3-18H2,1-2H3/t19-,20?,21?,22?,23?,24?,25?/m0/s1. The molecule has 6 saturated heterocycles. The molecular weight excluding hydrogens is 470 g/mol. The van der Waals surface area contributed by atoms with Gasteiger partial charge in [-0.1, -0.05) is 11.9 Å². The fourth-order valence-corrected chi connectivity index (χ4v) is 9.12. The summed E-state index contributed by atoms with van der Waals surface area (Å²) in [5, 5.41) is 12.2. The number of carbonyl (C=O) groups is 1. The van der Waals surface area contributed by atoms with Gasteiger partial charge in [0.25, 0.3) is 0 Å². The Morgan fingerprint density at radius 2 is 1.83 bits per heavy atom. The average Bonchev–Trinajstić information content (AvgIpc) is 3.37. The minimum absolute atomic E-state index is 0.166. The first kappa shape index (κ1) is 25.7. The van der Waals surface area contributed by atoms with Gasteiger partial charge in [-0.2, -0.15) is 0 Å². The first-order valence-electron chi connectivity index (χ1n) is 15.0. The molecule has 6 fully saturated rings. The zero-order chi connectivity index (χ0) is 24.7. The monoisotopic (exact) mass is 519 g/mol. The van der Waals surface area contributed by atoms with Crippen LogP contribution >= 0.6 is 11.9 Å². The zero-order valence-electron chi connectivity index (χ0n) is 22.5. The second-order valence-corrected chi connectivity index (χ2v) is 14.1. The molecule has 6 aliphatic heterocycles. The summed E-state index contributed by atoms with van der Waals surface area (Å²) in [6.07, 6.45) is 14.4. The Hall–Kier alpha value is -0.580. The molecule has 4 bridgehead atoms. The summed E-state index contributed by atoms with van der Waals surface area (Å²) in [4.78, 5) is 20.5. The molecule has 6 rings (SSSR count). The average molecular weight is 520 g/mol. The number of piperidine rings is 3. The Bertz CT molecular complexity index is 783. The minimum Gasteiger partial charge on any atom is -0.320 e. The number of nitrogens with one attached hydrogen (secondary N) is 4. The molecule has 4 N–H and O–H groups in total. The molecule has 0 aliphatic carbocycles. The van der Waals surface area contributed by atoms with Crippen LogP contribution in [0.2, 0.25) is 0 Å². The van der Waals surface area contributed by atoms with Crippen molar-refractivity contribution in [1.82, 2.24) is 35.4 Å². The number of urea groups is 1. The van der Waals surface area contributed by atoms with Crippen LogP contribution in [-0.4, -0.2) is 88.9 Å². The third-order valence-corrected chi connectivity index (χ3v) is 11.0. The molecular formula is C27H49N7OS. The molecule has 8 atom stereocenters. The van der Waals surface area contributed by atoms with Crippen LogP contribution in [0.1, 0.15) is 84.5 Å². The van der Waals surface area contributed by atoms with E-state index in [9.17, 15) is 4.79 Å². The number of fused-ring (bicyclic) bond motifs is 7. The normalized spacial score (nSPS) is 43.9. The van der Waals surface area contributed by atoms with Crippen LogP contribution in [0.25, 0.3) is 0 Å². The predicted octanol–water partition coefficient (Wildman–Crippen LogP) is 3.08. The molecule has 6 heterocycles. The Labute approximate surface area is 222 Å².